The minimum atomic E-state index is -0.468. The minimum absolute atomic E-state index is 0.0235. The van der Waals surface area contributed by atoms with Crippen LogP contribution in [0.5, 0.6) is 0 Å². The number of halogens is 1. The fourth-order valence-corrected chi connectivity index (χ4v) is 3.96. The second-order valence-electron chi connectivity index (χ2n) is 8.77. The third-order valence-electron chi connectivity index (χ3n) is 6.01. The lowest BCUT2D eigenvalue weighted by Gasteiger charge is -2.03. The summed E-state index contributed by atoms with van der Waals surface area (Å²) in [5.74, 6) is 0.463. The second-order valence-corrected chi connectivity index (χ2v) is 8.77. The number of benzene rings is 2. The quantitative estimate of drug-likeness (QED) is 0.247. The van der Waals surface area contributed by atoms with Crippen molar-refractivity contribution in [2.45, 2.75) is 26.3 Å². The van der Waals surface area contributed by atoms with E-state index in [1.807, 2.05) is 0 Å². The lowest BCUT2D eigenvalue weighted by Crippen LogP contribution is -2.24. The summed E-state index contributed by atoms with van der Waals surface area (Å²) in [5, 5.41) is 5.95. The maximum absolute atomic E-state index is 13.6. The maximum Gasteiger partial charge on any atom is 0.273 e. The highest BCUT2D eigenvalue weighted by Gasteiger charge is 2.13. The summed E-state index contributed by atoms with van der Waals surface area (Å²) >= 11 is 0. The first kappa shape index (κ1) is 24.3. The zero-order valence-corrected chi connectivity index (χ0v) is 20.4. The Morgan fingerprint density at radius 2 is 1.84 bits per heavy atom. The molecule has 3 heterocycles. The molecule has 37 heavy (non-hydrogen) atoms. The average Bonchev–Trinajstić information content (AvgIpc) is 3.55. The van der Waals surface area contributed by atoms with Crippen molar-refractivity contribution < 1.29 is 13.6 Å². The number of aromatic amines is 1. The summed E-state index contributed by atoms with van der Waals surface area (Å²) in [7, 11) is 0. The fraction of sp³-hybridized carbons (Fsp3) is 0.214. The Morgan fingerprint density at radius 3 is 2.68 bits per heavy atom. The van der Waals surface area contributed by atoms with Gasteiger partial charge in [0.05, 0.1) is 23.3 Å². The zero-order valence-electron chi connectivity index (χ0n) is 20.4. The van der Waals surface area contributed by atoms with Gasteiger partial charge in [-0.2, -0.15) is 0 Å². The molecule has 3 N–H and O–H groups in total. The van der Waals surface area contributed by atoms with Gasteiger partial charge in [-0.15, -0.1) is 0 Å². The van der Waals surface area contributed by atoms with Crippen molar-refractivity contribution in [1.29, 1.82) is 0 Å². The summed E-state index contributed by atoms with van der Waals surface area (Å²) in [6, 6.07) is 17.6. The molecule has 0 unspecified atom stereocenters. The summed E-state index contributed by atoms with van der Waals surface area (Å²) in [5.41, 5.74) is 5.84. The molecule has 8 nitrogen and oxygen atoms in total. The molecule has 188 valence electrons. The van der Waals surface area contributed by atoms with Gasteiger partial charge in [-0.05, 0) is 42.3 Å². The number of fused-ring (bicyclic) bond motifs is 1. The van der Waals surface area contributed by atoms with Crippen LogP contribution in [-0.2, 0) is 19.4 Å². The standard InChI is InChI=1S/C28H27FN6O2/c1-18-4-6-19(7-5-18)20-8-9-22-23(15-20)34-26(33-22)10-13-30-14-11-27-35-25(17-37-27)28(36)32-16-24-21(29)3-2-12-31-24/h2-9,12,15,17,30H,10-11,13-14,16H2,1H3,(H,32,36)(H,33,34). The molecule has 1 amide bonds. The Bertz CT molecular complexity index is 1510. The Hall–Kier alpha value is -4.37. The van der Waals surface area contributed by atoms with Crippen LogP contribution in [0.1, 0.15) is 33.5 Å². The van der Waals surface area contributed by atoms with E-state index < -0.39 is 11.7 Å². The van der Waals surface area contributed by atoms with E-state index in [0.29, 0.717) is 18.9 Å². The van der Waals surface area contributed by atoms with Crippen LogP contribution in [0, 0.1) is 12.7 Å². The fourth-order valence-electron chi connectivity index (χ4n) is 3.96. The normalized spacial score (nSPS) is 11.2. The smallest absolute Gasteiger partial charge is 0.273 e. The monoisotopic (exact) mass is 498 g/mol. The third-order valence-corrected chi connectivity index (χ3v) is 6.01. The number of amides is 1. The van der Waals surface area contributed by atoms with Crippen molar-refractivity contribution in [3.05, 3.63) is 102 Å². The Labute approximate surface area is 213 Å². The molecule has 3 aromatic heterocycles. The molecular formula is C28H27FN6O2. The molecule has 0 bridgehead atoms. The summed E-state index contributed by atoms with van der Waals surface area (Å²) in [4.78, 5) is 28.5. The van der Waals surface area contributed by atoms with Crippen molar-refractivity contribution >= 4 is 16.9 Å². The van der Waals surface area contributed by atoms with E-state index in [2.05, 4.69) is 75.0 Å². The second kappa shape index (κ2) is 11.1. The van der Waals surface area contributed by atoms with Gasteiger partial charge in [-0.25, -0.2) is 14.4 Å². The molecule has 0 radical (unpaired) electrons. The summed E-state index contributed by atoms with van der Waals surface area (Å²) < 4.78 is 19.0. The lowest BCUT2D eigenvalue weighted by atomic mass is 10.0. The highest BCUT2D eigenvalue weighted by atomic mass is 19.1. The number of H-pyrrole nitrogens is 1. The highest BCUT2D eigenvalue weighted by molar-refractivity contribution is 5.91. The van der Waals surface area contributed by atoms with Gasteiger partial charge >= 0.3 is 0 Å². The van der Waals surface area contributed by atoms with Gasteiger partial charge in [0.2, 0.25) is 0 Å². The van der Waals surface area contributed by atoms with Crippen LogP contribution in [0.25, 0.3) is 22.2 Å². The summed E-state index contributed by atoms with van der Waals surface area (Å²) in [6.07, 6.45) is 4.06. The molecule has 2 aromatic carbocycles. The minimum Gasteiger partial charge on any atom is -0.448 e. The van der Waals surface area contributed by atoms with Gasteiger partial charge in [0, 0.05) is 32.1 Å². The van der Waals surface area contributed by atoms with Crippen LogP contribution in [0.4, 0.5) is 4.39 Å². The number of oxazole rings is 1. The predicted molar refractivity (Wildman–Crippen MR) is 138 cm³/mol. The molecule has 0 aliphatic heterocycles. The molecule has 9 heteroatoms. The Kier molecular flexibility index (Phi) is 7.32. The first-order valence-electron chi connectivity index (χ1n) is 12.1. The van der Waals surface area contributed by atoms with Crippen LogP contribution in [0.15, 0.2) is 71.5 Å². The summed E-state index contributed by atoms with van der Waals surface area (Å²) in [6.45, 7) is 3.43. The molecule has 0 saturated heterocycles. The number of imidazole rings is 1. The van der Waals surface area contributed by atoms with Crippen LogP contribution >= 0.6 is 0 Å². The van der Waals surface area contributed by atoms with Crippen molar-refractivity contribution in [1.82, 2.24) is 30.6 Å². The highest BCUT2D eigenvalue weighted by Crippen LogP contribution is 2.24. The van der Waals surface area contributed by atoms with Crippen LogP contribution in [0.3, 0.4) is 0 Å². The largest absolute Gasteiger partial charge is 0.448 e. The van der Waals surface area contributed by atoms with E-state index in [0.717, 1.165) is 35.4 Å². The number of carbonyl (C=O) groups is 1. The maximum atomic E-state index is 13.6. The van der Waals surface area contributed by atoms with Crippen molar-refractivity contribution in [2.75, 3.05) is 13.1 Å². The number of aromatic nitrogens is 4. The Morgan fingerprint density at radius 1 is 1.03 bits per heavy atom. The lowest BCUT2D eigenvalue weighted by molar-refractivity contribution is 0.0945. The third kappa shape index (κ3) is 6.07. The van der Waals surface area contributed by atoms with Gasteiger partial charge in [-0.3, -0.25) is 9.78 Å². The Balaban J connectivity index is 1.07. The predicted octanol–water partition coefficient (Wildman–Crippen LogP) is 4.37. The number of hydrogen-bond donors (Lipinski definition) is 3. The number of pyridine rings is 1. The van der Waals surface area contributed by atoms with Gasteiger partial charge in [0.15, 0.2) is 11.6 Å². The van der Waals surface area contributed by atoms with Gasteiger partial charge in [0.25, 0.3) is 5.91 Å². The van der Waals surface area contributed by atoms with E-state index >= 15 is 0 Å². The first-order valence-corrected chi connectivity index (χ1v) is 12.1. The van der Waals surface area contributed by atoms with Crippen molar-refractivity contribution in [3.63, 3.8) is 0 Å². The topological polar surface area (TPSA) is 109 Å². The van der Waals surface area contributed by atoms with Gasteiger partial charge in [-0.1, -0.05) is 35.9 Å². The van der Waals surface area contributed by atoms with Gasteiger partial charge < -0.3 is 20.0 Å². The van der Waals surface area contributed by atoms with E-state index in [4.69, 9.17) is 9.40 Å². The van der Waals surface area contributed by atoms with Crippen molar-refractivity contribution in [2.24, 2.45) is 0 Å². The molecule has 0 spiro atoms. The van der Waals surface area contributed by atoms with E-state index in [1.165, 1.54) is 35.7 Å². The van der Waals surface area contributed by atoms with Gasteiger partial charge in [0.1, 0.15) is 17.9 Å². The van der Waals surface area contributed by atoms with Crippen molar-refractivity contribution in [3.8, 4) is 11.1 Å². The van der Waals surface area contributed by atoms with Crippen LogP contribution < -0.4 is 10.6 Å². The molecule has 5 rings (SSSR count). The number of nitrogens with one attached hydrogen (secondary N) is 3. The molecule has 0 saturated carbocycles. The molecule has 5 aromatic rings. The zero-order chi connectivity index (χ0) is 25.6. The van der Waals surface area contributed by atoms with Crippen LogP contribution in [-0.4, -0.2) is 38.9 Å². The SMILES string of the molecule is Cc1ccc(-c2ccc3[nH]c(CCNCCc4nc(C(=O)NCc5ncccc5F)co4)nc3c2)cc1. The number of aryl methyl sites for hydroxylation is 1. The van der Waals surface area contributed by atoms with E-state index in [9.17, 15) is 9.18 Å². The number of nitrogens with zero attached hydrogens (tertiary/aromatic N) is 3. The molecule has 0 atom stereocenters. The van der Waals surface area contributed by atoms with E-state index in [-0.39, 0.29) is 17.9 Å². The first-order chi connectivity index (χ1) is 18.0. The molecule has 0 fully saturated rings. The molecule has 0 aliphatic carbocycles. The van der Waals surface area contributed by atoms with Crippen LogP contribution in [0.2, 0.25) is 0 Å². The number of rotatable bonds is 10. The molecule has 0 aliphatic rings. The number of hydrogen-bond acceptors (Lipinski definition) is 6. The van der Waals surface area contributed by atoms with E-state index in [1.54, 1.807) is 0 Å². The number of carbonyl (C=O) groups excluding carboxylic acids is 1. The molecular weight excluding hydrogens is 471 g/mol. The average molecular weight is 499 g/mol.